The summed E-state index contributed by atoms with van der Waals surface area (Å²) in [7, 11) is -4.03. The van der Waals surface area contributed by atoms with Crippen LogP contribution < -0.4 is 5.32 Å². The molecule has 1 saturated heterocycles. The number of nitrogens with one attached hydrogen (secondary N) is 1. The molecule has 2 atom stereocenters. The SMILES string of the molecule is CCOC(=O)CNC(=O)CS(=O)(=O)c1cn(CC(=O)N2CC(C)OC(C)C2)c2ccccc12. The number of hydrogen-bond acceptors (Lipinski definition) is 7. The number of para-hydroxylation sites is 1. The van der Waals surface area contributed by atoms with Gasteiger partial charge < -0.3 is 24.3 Å². The fraction of sp³-hybridized carbons (Fsp3) is 0.500. The van der Waals surface area contributed by atoms with Crippen LogP contribution in [0.1, 0.15) is 20.8 Å². The third-order valence-corrected chi connectivity index (χ3v) is 6.86. The van der Waals surface area contributed by atoms with E-state index in [4.69, 9.17) is 9.47 Å². The number of hydrogen-bond donors (Lipinski definition) is 1. The van der Waals surface area contributed by atoms with Crippen molar-refractivity contribution in [3.05, 3.63) is 30.5 Å². The highest BCUT2D eigenvalue weighted by atomic mass is 32.2. The lowest BCUT2D eigenvalue weighted by atomic mass is 10.2. The summed E-state index contributed by atoms with van der Waals surface area (Å²) >= 11 is 0. The van der Waals surface area contributed by atoms with E-state index in [1.165, 1.54) is 6.20 Å². The molecule has 2 unspecified atom stereocenters. The topological polar surface area (TPSA) is 124 Å². The first-order valence-corrected chi connectivity index (χ1v) is 12.4. The Morgan fingerprint density at radius 3 is 2.48 bits per heavy atom. The molecule has 1 aromatic carbocycles. The van der Waals surface area contributed by atoms with Crippen LogP contribution in [0.5, 0.6) is 0 Å². The van der Waals surface area contributed by atoms with Crippen molar-refractivity contribution in [2.75, 3.05) is 32.0 Å². The molecule has 180 valence electrons. The summed E-state index contributed by atoms with van der Waals surface area (Å²) in [6, 6.07) is 6.82. The predicted molar refractivity (Wildman–Crippen MR) is 120 cm³/mol. The smallest absolute Gasteiger partial charge is 0.325 e. The van der Waals surface area contributed by atoms with Gasteiger partial charge in [0.05, 0.1) is 23.7 Å². The molecule has 1 aliphatic rings. The van der Waals surface area contributed by atoms with Gasteiger partial charge in [-0.15, -0.1) is 0 Å². The molecule has 2 amide bonds. The van der Waals surface area contributed by atoms with Gasteiger partial charge in [0, 0.05) is 30.2 Å². The van der Waals surface area contributed by atoms with E-state index in [0.717, 1.165) is 0 Å². The van der Waals surface area contributed by atoms with Gasteiger partial charge in [-0.25, -0.2) is 8.42 Å². The Hall–Kier alpha value is -2.92. The number of esters is 1. The van der Waals surface area contributed by atoms with Crippen molar-refractivity contribution >= 4 is 38.5 Å². The maximum Gasteiger partial charge on any atom is 0.325 e. The van der Waals surface area contributed by atoms with E-state index in [2.05, 4.69) is 5.32 Å². The van der Waals surface area contributed by atoms with Gasteiger partial charge in [-0.1, -0.05) is 18.2 Å². The van der Waals surface area contributed by atoms with E-state index in [0.29, 0.717) is 24.0 Å². The highest BCUT2D eigenvalue weighted by molar-refractivity contribution is 7.92. The molecule has 10 nitrogen and oxygen atoms in total. The van der Waals surface area contributed by atoms with Crippen LogP contribution in [-0.2, 0) is 40.2 Å². The van der Waals surface area contributed by atoms with Crippen LogP contribution in [0.4, 0.5) is 0 Å². The number of ether oxygens (including phenoxy) is 2. The van der Waals surface area contributed by atoms with Crippen LogP contribution in [0.15, 0.2) is 35.4 Å². The van der Waals surface area contributed by atoms with E-state index in [1.807, 2.05) is 13.8 Å². The Labute approximate surface area is 192 Å². The van der Waals surface area contributed by atoms with Gasteiger partial charge in [0.1, 0.15) is 18.8 Å². The van der Waals surface area contributed by atoms with E-state index in [-0.39, 0.29) is 36.2 Å². The normalized spacial score (nSPS) is 18.8. The maximum atomic E-state index is 13.0. The zero-order valence-electron chi connectivity index (χ0n) is 18.9. The molecule has 1 aliphatic heterocycles. The number of sulfone groups is 1. The van der Waals surface area contributed by atoms with Gasteiger partial charge in [-0.3, -0.25) is 14.4 Å². The van der Waals surface area contributed by atoms with Crippen LogP contribution in [0.3, 0.4) is 0 Å². The first kappa shape index (κ1) is 24.7. The van der Waals surface area contributed by atoms with Crippen LogP contribution in [0, 0.1) is 0 Å². The molecule has 0 aliphatic carbocycles. The summed E-state index contributed by atoms with van der Waals surface area (Å²) < 4.78 is 38.0. The highest BCUT2D eigenvalue weighted by Gasteiger charge is 2.28. The predicted octanol–water partition coefficient (Wildman–Crippen LogP) is 0.730. The number of benzene rings is 1. The molecule has 11 heteroatoms. The summed E-state index contributed by atoms with van der Waals surface area (Å²) in [4.78, 5) is 38.2. The minimum absolute atomic E-state index is 0.0372. The average Bonchev–Trinajstić information content (AvgIpc) is 3.11. The Balaban J connectivity index is 1.79. The molecule has 33 heavy (non-hydrogen) atoms. The summed E-state index contributed by atoms with van der Waals surface area (Å²) in [5.41, 5.74) is 0.575. The molecule has 0 bridgehead atoms. The first-order valence-electron chi connectivity index (χ1n) is 10.8. The number of fused-ring (bicyclic) bond motifs is 1. The number of amides is 2. The summed E-state index contributed by atoms with van der Waals surface area (Å²) in [6.07, 6.45) is 1.23. The molecule has 1 aromatic heterocycles. The van der Waals surface area contributed by atoms with Crippen molar-refractivity contribution in [1.29, 1.82) is 0 Å². The molecular formula is C22H29N3O7S. The molecular weight excluding hydrogens is 450 g/mol. The van der Waals surface area contributed by atoms with Crippen LogP contribution in [0.25, 0.3) is 10.9 Å². The zero-order valence-corrected chi connectivity index (χ0v) is 19.8. The summed E-state index contributed by atoms with van der Waals surface area (Å²) in [6.45, 7) is 6.08. The third-order valence-electron chi connectivity index (χ3n) is 5.22. The van der Waals surface area contributed by atoms with Crippen LogP contribution in [-0.4, -0.2) is 79.9 Å². The number of rotatable bonds is 8. The minimum atomic E-state index is -4.03. The fourth-order valence-electron chi connectivity index (χ4n) is 3.90. The molecule has 2 heterocycles. The number of carbonyl (C=O) groups is 3. The second kappa shape index (κ2) is 10.3. The largest absolute Gasteiger partial charge is 0.465 e. The minimum Gasteiger partial charge on any atom is -0.465 e. The van der Waals surface area contributed by atoms with Crippen molar-refractivity contribution < 1.29 is 32.3 Å². The number of nitrogens with zero attached hydrogens (tertiary/aromatic N) is 2. The zero-order chi connectivity index (χ0) is 24.2. The number of morpholine rings is 1. The van der Waals surface area contributed by atoms with Gasteiger partial charge in [0.15, 0.2) is 9.84 Å². The number of aromatic nitrogens is 1. The van der Waals surface area contributed by atoms with Gasteiger partial charge >= 0.3 is 5.97 Å². The Kier molecular flexibility index (Phi) is 7.75. The summed E-state index contributed by atoms with van der Waals surface area (Å²) in [5.74, 6) is -2.43. The second-order valence-electron chi connectivity index (χ2n) is 8.04. The monoisotopic (exact) mass is 479 g/mol. The molecule has 2 aromatic rings. The molecule has 1 fully saturated rings. The fourth-order valence-corrected chi connectivity index (χ4v) is 5.30. The third kappa shape index (κ3) is 6.11. The van der Waals surface area contributed by atoms with Crippen LogP contribution in [0.2, 0.25) is 0 Å². The van der Waals surface area contributed by atoms with Crippen molar-refractivity contribution in [3.63, 3.8) is 0 Å². The van der Waals surface area contributed by atoms with Crippen molar-refractivity contribution in [2.45, 2.75) is 44.4 Å². The van der Waals surface area contributed by atoms with Crippen molar-refractivity contribution in [2.24, 2.45) is 0 Å². The van der Waals surface area contributed by atoms with Crippen molar-refractivity contribution in [1.82, 2.24) is 14.8 Å². The second-order valence-corrected chi connectivity index (χ2v) is 9.99. The van der Waals surface area contributed by atoms with Gasteiger partial charge in [-0.05, 0) is 26.8 Å². The number of carbonyl (C=O) groups excluding carboxylic acids is 3. The Morgan fingerprint density at radius 1 is 1.15 bits per heavy atom. The van der Waals surface area contributed by atoms with Gasteiger partial charge in [0.2, 0.25) is 11.8 Å². The van der Waals surface area contributed by atoms with Gasteiger partial charge in [0.25, 0.3) is 0 Å². The maximum absolute atomic E-state index is 13.0. The lowest BCUT2D eigenvalue weighted by Crippen LogP contribution is -2.49. The van der Waals surface area contributed by atoms with E-state index < -0.39 is 34.0 Å². The molecule has 1 N–H and O–H groups in total. The molecule has 0 saturated carbocycles. The van der Waals surface area contributed by atoms with E-state index in [9.17, 15) is 22.8 Å². The standard InChI is InChI=1S/C22H29N3O7S/c1-4-31-22(28)9-23-20(26)14-33(29,30)19-12-24(18-8-6-5-7-17(18)19)13-21(27)25-10-15(2)32-16(3)11-25/h5-8,12,15-16H,4,9-11,13-14H2,1-3H3,(H,23,26). The lowest BCUT2D eigenvalue weighted by molar-refractivity contribution is -0.144. The van der Waals surface area contributed by atoms with E-state index in [1.54, 1.807) is 40.7 Å². The quantitative estimate of drug-likeness (QED) is 0.554. The Morgan fingerprint density at radius 2 is 1.82 bits per heavy atom. The average molecular weight is 480 g/mol. The summed E-state index contributed by atoms with van der Waals surface area (Å²) in [5, 5.41) is 2.68. The first-order chi connectivity index (χ1) is 15.6. The van der Waals surface area contributed by atoms with Crippen LogP contribution >= 0.6 is 0 Å². The van der Waals surface area contributed by atoms with Gasteiger partial charge in [-0.2, -0.15) is 0 Å². The molecule has 0 radical (unpaired) electrons. The lowest BCUT2D eigenvalue weighted by Gasteiger charge is -2.35. The molecule has 3 rings (SSSR count). The van der Waals surface area contributed by atoms with E-state index >= 15 is 0 Å². The van der Waals surface area contributed by atoms with Crippen molar-refractivity contribution in [3.8, 4) is 0 Å². The highest BCUT2D eigenvalue weighted by Crippen LogP contribution is 2.26. The molecule has 0 spiro atoms. The Bertz CT molecular complexity index is 1130.